The van der Waals surface area contributed by atoms with Crippen molar-refractivity contribution >= 4 is 5.91 Å². The Balaban J connectivity index is 2.05. The van der Waals surface area contributed by atoms with Crippen LogP contribution >= 0.6 is 0 Å². The number of carbonyl (C=O) groups is 1. The van der Waals surface area contributed by atoms with Crippen LogP contribution in [0.3, 0.4) is 0 Å². The van der Waals surface area contributed by atoms with Crippen LogP contribution in [0, 0.1) is 5.92 Å². The van der Waals surface area contributed by atoms with Crippen LogP contribution in [-0.2, 0) is 6.54 Å². The van der Waals surface area contributed by atoms with Crippen molar-refractivity contribution in [3.05, 3.63) is 35.4 Å². The molecule has 0 radical (unpaired) electrons. The fraction of sp³-hybridized carbons (Fsp3) is 0.588. The van der Waals surface area contributed by atoms with Crippen LogP contribution in [0.15, 0.2) is 24.3 Å². The van der Waals surface area contributed by atoms with Gasteiger partial charge in [-0.15, -0.1) is 0 Å². The molecule has 1 aromatic rings. The third kappa shape index (κ3) is 7.29. The zero-order chi connectivity index (χ0) is 14.8. The Kier molecular flexibility index (Phi) is 7.97. The lowest BCUT2D eigenvalue weighted by Gasteiger charge is -2.06. The van der Waals surface area contributed by atoms with Crippen LogP contribution in [0.1, 0.15) is 61.9 Å². The van der Waals surface area contributed by atoms with Gasteiger partial charge in [-0.3, -0.25) is 4.79 Å². The average Bonchev–Trinajstić information content (AvgIpc) is 2.42. The first-order valence-corrected chi connectivity index (χ1v) is 7.69. The van der Waals surface area contributed by atoms with E-state index in [0.29, 0.717) is 5.56 Å². The lowest BCUT2D eigenvalue weighted by molar-refractivity contribution is 0.100. The summed E-state index contributed by atoms with van der Waals surface area (Å²) in [4.78, 5) is 10.9. The summed E-state index contributed by atoms with van der Waals surface area (Å²) >= 11 is 0. The minimum atomic E-state index is -0.370. The number of carbonyl (C=O) groups excluding carboxylic acids is 1. The maximum Gasteiger partial charge on any atom is 0.248 e. The van der Waals surface area contributed by atoms with Gasteiger partial charge in [0.15, 0.2) is 0 Å². The summed E-state index contributed by atoms with van der Waals surface area (Å²) in [5, 5.41) is 3.43. The zero-order valence-electron chi connectivity index (χ0n) is 12.8. The number of unbranched alkanes of at least 4 members (excludes halogenated alkanes) is 3. The normalized spacial score (nSPS) is 10.9. The van der Waals surface area contributed by atoms with Gasteiger partial charge in [-0.05, 0) is 36.6 Å². The SMILES string of the molecule is CC(C)CCCCCCNCc1ccc(C(N)=O)cc1. The monoisotopic (exact) mass is 276 g/mol. The van der Waals surface area contributed by atoms with Gasteiger partial charge >= 0.3 is 0 Å². The minimum Gasteiger partial charge on any atom is -0.366 e. The van der Waals surface area contributed by atoms with Crippen molar-refractivity contribution in [1.82, 2.24) is 5.32 Å². The van der Waals surface area contributed by atoms with Gasteiger partial charge in [-0.2, -0.15) is 0 Å². The molecule has 1 amide bonds. The molecule has 112 valence electrons. The Morgan fingerprint density at radius 2 is 1.75 bits per heavy atom. The summed E-state index contributed by atoms with van der Waals surface area (Å²) in [6, 6.07) is 7.47. The summed E-state index contributed by atoms with van der Waals surface area (Å²) in [7, 11) is 0. The topological polar surface area (TPSA) is 55.1 Å². The summed E-state index contributed by atoms with van der Waals surface area (Å²) in [5.41, 5.74) is 6.97. The summed E-state index contributed by atoms with van der Waals surface area (Å²) in [5.74, 6) is 0.461. The van der Waals surface area contributed by atoms with E-state index >= 15 is 0 Å². The number of nitrogens with one attached hydrogen (secondary N) is 1. The van der Waals surface area contributed by atoms with E-state index < -0.39 is 0 Å². The van der Waals surface area contributed by atoms with Crippen molar-refractivity contribution in [1.29, 1.82) is 0 Å². The molecular formula is C17H28N2O. The molecule has 1 rings (SSSR count). The maximum absolute atomic E-state index is 10.9. The second-order valence-corrected chi connectivity index (χ2v) is 5.83. The number of nitrogens with two attached hydrogens (primary N) is 1. The van der Waals surface area contributed by atoms with Crippen molar-refractivity contribution in [2.75, 3.05) is 6.54 Å². The smallest absolute Gasteiger partial charge is 0.248 e. The molecule has 0 spiro atoms. The molecule has 20 heavy (non-hydrogen) atoms. The number of hydrogen-bond donors (Lipinski definition) is 2. The Morgan fingerprint density at radius 3 is 2.35 bits per heavy atom. The van der Waals surface area contributed by atoms with E-state index in [2.05, 4.69) is 19.2 Å². The van der Waals surface area contributed by atoms with Gasteiger partial charge in [0, 0.05) is 12.1 Å². The Morgan fingerprint density at radius 1 is 1.10 bits per heavy atom. The minimum absolute atomic E-state index is 0.370. The van der Waals surface area contributed by atoms with E-state index in [-0.39, 0.29) is 5.91 Å². The molecule has 0 aromatic heterocycles. The van der Waals surface area contributed by atoms with Gasteiger partial charge < -0.3 is 11.1 Å². The van der Waals surface area contributed by atoms with Crippen LogP contribution in [0.5, 0.6) is 0 Å². The van der Waals surface area contributed by atoms with Gasteiger partial charge in [0.2, 0.25) is 5.91 Å². The number of benzene rings is 1. The highest BCUT2D eigenvalue weighted by molar-refractivity contribution is 5.92. The standard InChI is InChI=1S/C17H28N2O/c1-14(2)7-5-3-4-6-12-19-13-15-8-10-16(11-9-15)17(18)20/h8-11,14,19H,3-7,12-13H2,1-2H3,(H2,18,20). The summed E-state index contributed by atoms with van der Waals surface area (Å²) in [6.45, 7) is 6.47. The van der Waals surface area contributed by atoms with Crippen LogP contribution in [0.2, 0.25) is 0 Å². The molecule has 1 aromatic carbocycles. The largest absolute Gasteiger partial charge is 0.366 e. The number of primary amides is 1. The molecule has 0 heterocycles. The average molecular weight is 276 g/mol. The van der Waals surface area contributed by atoms with E-state index in [4.69, 9.17) is 5.73 Å². The van der Waals surface area contributed by atoms with Crippen LogP contribution < -0.4 is 11.1 Å². The van der Waals surface area contributed by atoms with E-state index in [0.717, 1.165) is 19.0 Å². The maximum atomic E-state index is 10.9. The molecular weight excluding hydrogens is 248 g/mol. The van der Waals surface area contributed by atoms with Crippen molar-refractivity contribution in [2.24, 2.45) is 11.7 Å². The van der Waals surface area contributed by atoms with E-state index in [1.165, 1.54) is 37.7 Å². The number of hydrogen-bond acceptors (Lipinski definition) is 2. The fourth-order valence-electron chi connectivity index (χ4n) is 2.18. The fourth-order valence-corrected chi connectivity index (χ4v) is 2.18. The Labute approximate surface area is 122 Å². The molecule has 0 aliphatic rings. The second-order valence-electron chi connectivity index (χ2n) is 5.83. The molecule has 3 nitrogen and oxygen atoms in total. The lowest BCUT2D eigenvalue weighted by atomic mass is 10.0. The molecule has 3 N–H and O–H groups in total. The molecule has 0 fully saturated rings. The van der Waals surface area contributed by atoms with E-state index in [1.807, 2.05) is 12.1 Å². The van der Waals surface area contributed by atoms with Gasteiger partial charge in [0.05, 0.1) is 0 Å². The van der Waals surface area contributed by atoms with Crippen LogP contribution in [0.4, 0.5) is 0 Å². The van der Waals surface area contributed by atoms with Crippen molar-refractivity contribution in [2.45, 2.75) is 52.5 Å². The third-order valence-corrected chi connectivity index (χ3v) is 3.45. The zero-order valence-corrected chi connectivity index (χ0v) is 12.8. The van der Waals surface area contributed by atoms with Crippen LogP contribution in [0.25, 0.3) is 0 Å². The summed E-state index contributed by atoms with van der Waals surface area (Å²) in [6.07, 6.45) is 6.58. The van der Waals surface area contributed by atoms with Crippen LogP contribution in [-0.4, -0.2) is 12.5 Å². The highest BCUT2D eigenvalue weighted by Crippen LogP contribution is 2.09. The molecule has 0 bridgehead atoms. The third-order valence-electron chi connectivity index (χ3n) is 3.45. The van der Waals surface area contributed by atoms with E-state index in [9.17, 15) is 4.79 Å². The number of rotatable bonds is 10. The second kappa shape index (κ2) is 9.54. The predicted molar refractivity (Wildman–Crippen MR) is 84.6 cm³/mol. The highest BCUT2D eigenvalue weighted by Gasteiger charge is 1.99. The molecule has 0 unspecified atom stereocenters. The first-order valence-electron chi connectivity index (χ1n) is 7.69. The molecule has 0 aliphatic heterocycles. The first-order chi connectivity index (χ1) is 9.59. The predicted octanol–water partition coefficient (Wildman–Crippen LogP) is 3.48. The molecule has 0 saturated heterocycles. The van der Waals surface area contributed by atoms with E-state index in [1.54, 1.807) is 12.1 Å². The van der Waals surface area contributed by atoms with Gasteiger partial charge in [-0.1, -0.05) is 51.7 Å². The highest BCUT2D eigenvalue weighted by atomic mass is 16.1. The van der Waals surface area contributed by atoms with Crippen molar-refractivity contribution in [3.63, 3.8) is 0 Å². The molecule has 0 aliphatic carbocycles. The van der Waals surface area contributed by atoms with Crippen molar-refractivity contribution < 1.29 is 4.79 Å². The molecule has 3 heteroatoms. The quantitative estimate of drug-likeness (QED) is 0.643. The summed E-state index contributed by atoms with van der Waals surface area (Å²) < 4.78 is 0. The Bertz CT molecular complexity index is 384. The molecule has 0 atom stereocenters. The van der Waals surface area contributed by atoms with Crippen molar-refractivity contribution in [3.8, 4) is 0 Å². The first kappa shape index (κ1) is 16.7. The van der Waals surface area contributed by atoms with Gasteiger partial charge in [0.1, 0.15) is 0 Å². The number of amides is 1. The van der Waals surface area contributed by atoms with Gasteiger partial charge in [-0.25, -0.2) is 0 Å². The Hall–Kier alpha value is -1.35. The molecule has 0 saturated carbocycles. The lowest BCUT2D eigenvalue weighted by Crippen LogP contribution is -2.15. The van der Waals surface area contributed by atoms with Gasteiger partial charge in [0.25, 0.3) is 0 Å².